The standard InChI is InChI=1S/C11H7FN4O2/c12-8-1-2-9(7(5-8)6-14)16-11(18)10(17)15-4-3-13/h1-2,5H,4H2,(H,15,17)(H,16,18). The largest absolute Gasteiger partial charge is 0.335 e. The minimum Gasteiger partial charge on any atom is -0.335 e. The van der Waals surface area contributed by atoms with Crippen LogP contribution in [0, 0.1) is 28.5 Å². The third kappa shape index (κ3) is 3.29. The van der Waals surface area contributed by atoms with Crippen LogP contribution in [0.25, 0.3) is 0 Å². The number of halogens is 1. The molecular formula is C11H7FN4O2. The lowest BCUT2D eigenvalue weighted by Crippen LogP contribution is -2.35. The van der Waals surface area contributed by atoms with Crippen LogP contribution < -0.4 is 10.6 Å². The fraction of sp³-hybridized carbons (Fsp3) is 0.0909. The number of nitrogens with zero attached hydrogens (tertiary/aromatic N) is 2. The van der Waals surface area contributed by atoms with Gasteiger partial charge >= 0.3 is 11.8 Å². The molecule has 0 atom stereocenters. The maximum Gasteiger partial charge on any atom is 0.313 e. The van der Waals surface area contributed by atoms with Gasteiger partial charge in [-0.05, 0) is 18.2 Å². The van der Waals surface area contributed by atoms with Gasteiger partial charge in [-0.3, -0.25) is 9.59 Å². The Morgan fingerprint density at radius 1 is 1.28 bits per heavy atom. The Morgan fingerprint density at radius 3 is 2.61 bits per heavy atom. The Labute approximate surface area is 102 Å². The number of carbonyl (C=O) groups excluding carboxylic acids is 2. The van der Waals surface area contributed by atoms with Crippen molar-refractivity contribution in [3.63, 3.8) is 0 Å². The van der Waals surface area contributed by atoms with Gasteiger partial charge in [-0.1, -0.05) is 0 Å². The first-order valence-electron chi connectivity index (χ1n) is 4.74. The van der Waals surface area contributed by atoms with Crippen molar-refractivity contribution in [1.82, 2.24) is 5.32 Å². The smallest absolute Gasteiger partial charge is 0.313 e. The van der Waals surface area contributed by atoms with E-state index in [-0.39, 0.29) is 17.8 Å². The molecule has 1 aromatic carbocycles. The second kappa shape index (κ2) is 5.97. The van der Waals surface area contributed by atoms with Gasteiger partial charge in [-0.15, -0.1) is 0 Å². The summed E-state index contributed by atoms with van der Waals surface area (Å²) in [5.74, 6) is -2.67. The molecule has 0 bridgehead atoms. The van der Waals surface area contributed by atoms with Gasteiger partial charge in [0, 0.05) is 0 Å². The predicted molar refractivity (Wildman–Crippen MR) is 58.4 cm³/mol. The molecule has 0 aliphatic rings. The summed E-state index contributed by atoms with van der Waals surface area (Å²) < 4.78 is 12.8. The lowest BCUT2D eigenvalue weighted by Gasteiger charge is -2.06. The average molecular weight is 246 g/mol. The zero-order valence-electron chi connectivity index (χ0n) is 9.03. The highest BCUT2D eigenvalue weighted by molar-refractivity contribution is 6.39. The second-order valence-electron chi connectivity index (χ2n) is 3.10. The van der Waals surface area contributed by atoms with E-state index in [2.05, 4.69) is 5.32 Å². The molecule has 2 N–H and O–H groups in total. The third-order valence-corrected chi connectivity index (χ3v) is 1.88. The quantitative estimate of drug-likeness (QED) is 0.577. The first-order chi connectivity index (χ1) is 8.58. The number of hydrogen-bond acceptors (Lipinski definition) is 4. The molecular weight excluding hydrogens is 239 g/mol. The number of nitrogens with one attached hydrogen (secondary N) is 2. The van der Waals surface area contributed by atoms with Crippen LogP contribution in [0.1, 0.15) is 5.56 Å². The molecule has 0 unspecified atom stereocenters. The van der Waals surface area contributed by atoms with Crippen LogP contribution in [0.3, 0.4) is 0 Å². The molecule has 0 spiro atoms. The Bertz CT molecular complexity index is 571. The molecule has 0 saturated heterocycles. The molecule has 0 aliphatic carbocycles. The molecule has 1 aromatic rings. The van der Waals surface area contributed by atoms with Crippen LogP contribution in [0.5, 0.6) is 0 Å². The summed E-state index contributed by atoms with van der Waals surface area (Å²) in [6, 6.07) is 6.47. The van der Waals surface area contributed by atoms with E-state index in [1.807, 2.05) is 5.32 Å². The zero-order valence-corrected chi connectivity index (χ0v) is 9.03. The molecule has 0 heterocycles. The Kier molecular flexibility index (Phi) is 4.35. The van der Waals surface area contributed by atoms with Crippen LogP contribution in [-0.4, -0.2) is 18.4 Å². The molecule has 90 valence electrons. The molecule has 18 heavy (non-hydrogen) atoms. The van der Waals surface area contributed by atoms with E-state index in [1.54, 1.807) is 12.1 Å². The van der Waals surface area contributed by atoms with Crippen LogP contribution in [0.15, 0.2) is 18.2 Å². The van der Waals surface area contributed by atoms with E-state index in [1.165, 1.54) is 6.07 Å². The number of nitriles is 2. The fourth-order valence-corrected chi connectivity index (χ4v) is 1.10. The van der Waals surface area contributed by atoms with Crippen molar-refractivity contribution in [2.75, 3.05) is 11.9 Å². The van der Waals surface area contributed by atoms with Crippen molar-refractivity contribution in [1.29, 1.82) is 10.5 Å². The van der Waals surface area contributed by atoms with Crippen molar-refractivity contribution in [3.05, 3.63) is 29.6 Å². The van der Waals surface area contributed by atoms with Gasteiger partial charge in [0.2, 0.25) is 0 Å². The van der Waals surface area contributed by atoms with Crippen LogP contribution >= 0.6 is 0 Å². The minimum atomic E-state index is -1.03. The Balaban J connectivity index is 2.80. The number of hydrogen-bond donors (Lipinski definition) is 2. The summed E-state index contributed by atoms with van der Waals surface area (Å²) in [6.07, 6.45) is 0. The first kappa shape index (κ1) is 13.1. The van der Waals surface area contributed by atoms with Gasteiger partial charge in [0.1, 0.15) is 18.4 Å². The van der Waals surface area contributed by atoms with Crippen molar-refractivity contribution >= 4 is 17.5 Å². The second-order valence-corrected chi connectivity index (χ2v) is 3.10. The topological polar surface area (TPSA) is 106 Å². The first-order valence-corrected chi connectivity index (χ1v) is 4.74. The molecule has 6 nitrogen and oxygen atoms in total. The number of benzene rings is 1. The summed E-state index contributed by atoms with van der Waals surface area (Å²) in [6.45, 7) is -0.305. The molecule has 0 aromatic heterocycles. The number of anilines is 1. The molecule has 0 saturated carbocycles. The Morgan fingerprint density at radius 2 is 2.00 bits per heavy atom. The van der Waals surface area contributed by atoms with E-state index in [9.17, 15) is 14.0 Å². The summed E-state index contributed by atoms with van der Waals surface area (Å²) in [7, 11) is 0. The van der Waals surface area contributed by atoms with Gasteiger partial charge in [-0.25, -0.2) is 4.39 Å². The number of rotatable bonds is 2. The number of carbonyl (C=O) groups is 2. The number of amides is 2. The molecule has 0 aliphatic heterocycles. The van der Waals surface area contributed by atoms with E-state index >= 15 is 0 Å². The van der Waals surface area contributed by atoms with Crippen molar-refractivity contribution in [3.8, 4) is 12.1 Å². The van der Waals surface area contributed by atoms with Gasteiger partial charge < -0.3 is 10.6 Å². The highest BCUT2D eigenvalue weighted by Gasteiger charge is 2.15. The molecule has 2 amide bonds. The van der Waals surface area contributed by atoms with Crippen molar-refractivity contribution in [2.45, 2.75) is 0 Å². The highest BCUT2D eigenvalue weighted by atomic mass is 19.1. The summed E-state index contributed by atoms with van der Waals surface area (Å²) in [5.41, 5.74) is -0.0764. The lowest BCUT2D eigenvalue weighted by atomic mass is 10.2. The SMILES string of the molecule is N#CCNC(=O)C(=O)Nc1ccc(F)cc1C#N. The van der Waals surface area contributed by atoms with E-state index in [0.717, 1.165) is 12.1 Å². The molecule has 1 rings (SSSR count). The van der Waals surface area contributed by atoms with Gasteiger partial charge in [0.05, 0.1) is 17.3 Å². The summed E-state index contributed by atoms with van der Waals surface area (Å²) in [5, 5.41) is 21.1. The van der Waals surface area contributed by atoms with Crippen molar-refractivity contribution in [2.24, 2.45) is 0 Å². The van der Waals surface area contributed by atoms with Gasteiger partial charge in [0.15, 0.2) is 0 Å². The maximum atomic E-state index is 12.8. The minimum absolute atomic E-state index is 0.0241. The normalized spacial score (nSPS) is 8.83. The highest BCUT2D eigenvalue weighted by Crippen LogP contribution is 2.15. The van der Waals surface area contributed by atoms with E-state index in [4.69, 9.17) is 10.5 Å². The predicted octanol–water partition coefficient (Wildman–Crippen LogP) is 0.276. The fourth-order valence-electron chi connectivity index (χ4n) is 1.10. The molecule has 0 fully saturated rings. The van der Waals surface area contributed by atoms with Crippen LogP contribution in [0.4, 0.5) is 10.1 Å². The van der Waals surface area contributed by atoms with Crippen LogP contribution in [-0.2, 0) is 9.59 Å². The molecule has 0 radical (unpaired) electrons. The maximum absolute atomic E-state index is 12.8. The van der Waals surface area contributed by atoms with Crippen molar-refractivity contribution < 1.29 is 14.0 Å². The van der Waals surface area contributed by atoms with Crippen LogP contribution in [0.2, 0.25) is 0 Å². The van der Waals surface area contributed by atoms with E-state index in [0.29, 0.717) is 0 Å². The average Bonchev–Trinajstić information content (AvgIpc) is 2.37. The summed E-state index contributed by atoms with van der Waals surface area (Å²) in [4.78, 5) is 22.5. The molecule has 7 heteroatoms. The Hall–Kier alpha value is -2.93. The van der Waals surface area contributed by atoms with E-state index < -0.39 is 17.6 Å². The van der Waals surface area contributed by atoms with Gasteiger partial charge in [0.25, 0.3) is 0 Å². The monoisotopic (exact) mass is 246 g/mol. The lowest BCUT2D eigenvalue weighted by molar-refractivity contribution is -0.136. The third-order valence-electron chi connectivity index (χ3n) is 1.88. The summed E-state index contributed by atoms with van der Waals surface area (Å²) >= 11 is 0. The van der Waals surface area contributed by atoms with Gasteiger partial charge in [-0.2, -0.15) is 10.5 Å². The zero-order chi connectivity index (χ0) is 13.5.